The monoisotopic (exact) mass is 305 g/mol. The van der Waals surface area contributed by atoms with E-state index in [0.717, 1.165) is 12.5 Å². The van der Waals surface area contributed by atoms with E-state index in [1.165, 1.54) is 6.07 Å². The molecule has 0 aliphatic heterocycles. The third kappa shape index (κ3) is 3.75. The molecular weight excluding hydrogens is 291 g/mol. The Balaban J connectivity index is 1.99. The van der Waals surface area contributed by atoms with Gasteiger partial charge in [0.1, 0.15) is 0 Å². The number of aliphatic hydroxyl groups excluding tert-OH is 1. The first-order valence-electron chi connectivity index (χ1n) is 6.28. The van der Waals surface area contributed by atoms with Gasteiger partial charge in [-0.2, -0.15) is 13.2 Å². The van der Waals surface area contributed by atoms with Gasteiger partial charge in [0.25, 0.3) is 0 Å². The van der Waals surface area contributed by atoms with E-state index >= 15 is 0 Å². The Hall–Kier alpha value is -1.04. The molecule has 1 aliphatic rings. The van der Waals surface area contributed by atoms with Crippen LogP contribution in [0.25, 0.3) is 0 Å². The van der Waals surface area contributed by atoms with Gasteiger partial charge in [-0.3, -0.25) is 0 Å². The molecule has 2 atom stereocenters. The summed E-state index contributed by atoms with van der Waals surface area (Å²) in [5.74, 6) is 0.128. The highest BCUT2D eigenvalue weighted by atomic mass is 35.5. The first-order chi connectivity index (χ1) is 9.40. The number of hydrogen-bond acceptors (Lipinski definition) is 2. The van der Waals surface area contributed by atoms with Crippen LogP contribution in [0.4, 0.5) is 13.2 Å². The second kappa shape index (κ2) is 6.16. The average Bonchev–Trinajstić information content (AvgIpc) is 2.84. The van der Waals surface area contributed by atoms with Crippen LogP contribution in [0.3, 0.4) is 0 Å². The molecule has 2 N–H and O–H groups in total. The Labute approximate surface area is 120 Å². The quantitative estimate of drug-likeness (QED) is 0.836. The topological polar surface area (TPSA) is 32.3 Å². The number of hydrogen-bond donors (Lipinski definition) is 2. The molecule has 2 rings (SSSR count). The van der Waals surface area contributed by atoms with Gasteiger partial charge in [0.2, 0.25) is 0 Å². The van der Waals surface area contributed by atoms with Crippen molar-refractivity contribution in [2.75, 3.05) is 6.61 Å². The molecule has 0 unspecified atom stereocenters. The van der Waals surface area contributed by atoms with E-state index in [0.29, 0.717) is 12.1 Å². The average molecular weight is 306 g/mol. The fourth-order valence-corrected chi connectivity index (χ4v) is 2.43. The molecular formula is C14H15ClF3NO. The van der Waals surface area contributed by atoms with Crippen LogP contribution >= 0.6 is 11.6 Å². The van der Waals surface area contributed by atoms with Crippen molar-refractivity contribution < 1.29 is 18.3 Å². The molecule has 0 amide bonds. The molecule has 0 saturated heterocycles. The van der Waals surface area contributed by atoms with Crippen LogP contribution in [0.15, 0.2) is 30.4 Å². The highest BCUT2D eigenvalue weighted by Crippen LogP contribution is 2.35. The standard InChI is InChI=1S/C14H15ClF3NO/c15-13-4-2-9(6-12(13)14(16,17)18)7-19-11-3-1-10(5-11)8-20/h1-4,6,10-11,19-20H,5,7-8H2/t10-,11+/m0/s1. The largest absolute Gasteiger partial charge is 0.417 e. The van der Waals surface area contributed by atoms with Crippen LogP contribution in [0.2, 0.25) is 5.02 Å². The van der Waals surface area contributed by atoms with Crippen LogP contribution in [0, 0.1) is 5.92 Å². The molecule has 1 aromatic carbocycles. The molecule has 110 valence electrons. The smallest absolute Gasteiger partial charge is 0.396 e. The molecule has 6 heteroatoms. The summed E-state index contributed by atoms with van der Waals surface area (Å²) >= 11 is 5.57. The van der Waals surface area contributed by atoms with E-state index in [4.69, 9.17) is 16.7 Å². The SMILES string of the molecule is OC[C@H]1C=C[C@@H](NCc2ccc(Cl)c(C(F)(F)F)c2)C1. The second-order valence-electron chi connectivity index (χ2n) is 4.86. The summed E-state index contributed by atoms with van der Waals surface area (Å²) in [5.41, 5.74) is -0.281. The van der Waals surface area contributed by atoms with Crippen molar-refractivity contribution >= 4 is 11.6 Å². The molecule has 2 nitrogen and oxygen atoms in total. The van der Waals surface area contributed by atoms with Crippen molar-refractivity contribution in [3.8, 4) is 0 Å². The van der Waals surface area contributed by atoms with Crippen molar-refractivity contribution in [3.63, 3.8) is 0 Å². The van der Waals surface area contributed by atoms with Crippen molar-refractivity contribution in [3.05, 3.63) is 46.5 Å². The van der Waals surface area contributed by atoms with Gasteiger partial charge < -0.3 is 10.4 Å². The lowest BCUT2D eigenvalue weighted by molar-refractivity contribution is -0.137. The summed E-state index contributed by atoms with van der Waals surface area (Å²) in [6, 6.07) is 3.99. The van der Waals surface area contributed by atoms with Crippen molar-refractivity contribution in [1.29, 1.82) is 0 Å². The van der Waals surface area contributed by atoms with Gasteiger partial charge in [-0.25, -0.2) is 0 Å². The van der Waals surface area contributed by atoms with Gasteiger partial charge in [-0.05, 0) is 24.1 Å². The summed E-state index contributed by atoms with van der Waals surface area (Å²) in [6.45, 7) is 0.418. The van der Waals surface area contributed by atoms with E-state index in [9.17, 15) is 13.2 Å². The Kier molecular flexibility index (Phi) is 4.73. The number of alkyl halides is 3. The van der Waals surface area contributed by atoms with Gasteiger partial charge >= 0.3 is 6.18 Å². The van der Waals surface area contributed by atoms with Crippen LogP contribution < -0.4 is 5.32 Å². The van der Waals surface area contributed by atoms with E-state index in [1.54, 1.807) is 6.07 Å². The Morgan fingerprint density at radius 1 is 1.30 bits per heavy atom. The Bertz CT molecular complexity index is 502. The van der Waals surface area contributed by atoms with Crippen molar-refractivity contribution in [1.82, 2.24) is 5.32 Å². The third-order valence-electron chi connectivity index (χ3n) is 3.31. The third-order valence-corrected chi connectivity index (χ3v) is 3.64. The zero-order valence-electron chi connectivity index (χ0n) is 10.6. The van der Waals surface area contributed by atoms with Crippen LogP contribution in [-0.4, -0.2) is 17.8 Å². The van der Waals surface area contributed by atoms with Gasteiger partial charge in [-0.1, -0.05) is 29.8 Å². The summed E-state index contributed by atoms with van der Waals surface area (Å²) in [7, 11) is 0. The van der Waals surface area contributed by atoms with Crippen LogP contribution in [0.1, 0.15) is 17.5 Å². The maximum absolute atomic E-state index is 12.7. The predicted octanol–water partition coefficient (Wildman–Crippen LogP) is 3.39. The molecule has 20 heavy (non-hydrogen) atoms. The van der Waals surface area contributed by atoms with Gasteiger partial charge in [0, 0.05) is 25.1 Å². The molecule has 0 aromatic heterocycles. The molecule has 1 aromatic rings. The molecule has 0 heterocycles. The normalized spacial score (nSPS) is 22.4. The first-order valence-corrected chi connectivity index (χ1v) is 6.66. The lowest BCUT2D eigenvalue weighted by atomic mass is 10.1. The maximum atomic E-state index is 12.7. The van der Waals surface area contributed by atoms with E-state index in [1.807, 2.05) is 12.2 Å². The van der Waals surface area contributed by atoms with Crippen LogP contribution in [-0.2, 0) is 12.7 Å². The molecule has 0 bridgehead atoms. The number of nitrogens with one attached hydrogen (secondary N) is 1. The fourth-order valence-electron chi connectivity index (χ4n) is 2.21. The number of benzene rings is 1. The Morgan fingerprint density at radius 2 is 2.05 bits per heavy atom. The summed E-state index contributed by atoms with van der Waals surface area (Å²) in [6.07, 6.45) is 0.167. The van der Waals surface area contributed by atoms with Crippen molar-refractivity contribution in [2.45, 2.75) is 25.2 Å². The summed E-state index contributed by atoms with van der Waals surface area (Å²) in [4.78, 5) is 0. The van der Waals surface area contributed by atoms with Gasteiger partial charge in [0.05, 0.1) is 10.6 Å². The Morgan fingerprint density at radius 3 is 2.65 bits per heavy atom. The number of aliphatic hydroxyl groups is 1. The van der Waals surface area contributed by atoms with E-state index in [2.05, 4.69) is 5.32 Å². The van der Waals surface area contributed by atoms with E-state index < -0.39 is 11.7 Å². The molecule has 0 saturated carbocycles. The zero-order valence-corrected chi connectivity index (χ0v) is 11.4. The highest BCUT2D eigenvalue weighted by molar-refractivity contribution is 6.31. The molecule has 0 spiro atoms. The minimum atomic E-state index is -4.44. The number of rotatable bonds is 4. The maximum Gasteiger partial charge on any atom is 0.417 e. The molecule has 1 aliphatic carbocycles. The lowest BCUT2D eigenvalue weighted by Gasteiger charge is -2.14. The molecule has 0 fully saturated rings. The van der Waals surface area contributed by atoms with Crippen LogP contribution in [0.5, 0.6) is 0 Å². The van der Waals surface area contributed by atoms with Gasteiger partial charge in [-0.15, -0.1) is 0 Å². The summed E-state index contributed by atoms with van der Waals surface area (Å²) < 4.78 is 38.2. The summed E-state index contributed by atoms with van der Waals surface area (Å²) in [5, 5.41) is 11.9. The van der Waals surface area contributed by atoms with Gasteiger partial charge in [0.15, 0.2) is 0 Å². The first kappa shape index (κ1) is 15.4. The van der Waals surface area contributed by atoms with Crippen molar-refractivity contribution in [2.24, 2.45) is 5.92 Å². The fraction of sp³-hybridized carbons (Fsp3) is 0.429. The predicted molar refractivity (Wildman–Crippen MR) is 71.4 cm³/mol. The minimum absolute atomic E-state index is 0.0807. The highest BCUT2D eigenvalue weighted by Gasteiger charge is 2.33. The number of halogens is 4. The molecule has 0 radical (unpaired) electrons. The minimum Gasteiger partial charge on any atom is -0.396 e. The second-order valence-corrected chi connectivity index (χ2v) is 5.27. The van der Waals surface area contributed by atoms with E-state index in [-0.39, 0.29) is 23.6 Å². The lowest BCUT2D eigenvalue weighted by Crippen LogP contribution is -2.26. The zero-order chi connectivity index (χ0) is 14.8.